The Labute approximate surface area is 181 Å². The normalized spacial score (nSPS) is 10.5. The van der Waals surface area contributed by atoms with Gasteiger partial charge in [-0.25, -0.2) is 0 Å². The van der Waals surface area contributed by atoms with Gasteiger partial charge in [-0.15, -0.1) is 0 Å². The van der Waals surface area contributed by atoms with Gasteiger partial charge in [-0.2, -0.15) is 4.98 Å². The Hall–Kier alpha value is -3.68. The molecule has 0 radical (unpaired) electrons. The third-order valence-corrected chi connectivity index (χ3v) is 4.65. The Morgan fingerprint density at radius 2 is 1.74 bits per heavy atom. The van der Waals surface area contributed by atoms with Crippen LogP contribution in [0.25, 0.3) is 11.4 Å². The van der Waals surface area contributed by atoms with Crippen molar-refractivity contribution in [2.45, 2.75) is 33.6 Å². The fourth-order valence-electron chi connectivity index (χ4n) is 3.02. The summed E-state index contributed by atoms with van der Waals surface area (Å²) in [6.45, 7) is 6.27. The summed E-state index contributed by atoms with van der Waals surface area (Å²) in [6.07, 6.45) is 0.427. The van der Waals surface area contributed by atoms with Crippen LogP contribution in [-0.2, 0) is 16.0 Å². The number of aromatic nitrogens is 2. The molecule has 0 aliphatic rings. The van der Waals surface area contributed by atoms with Gasteiger partial charge in [-0.05, 0) is 56.2 Å². The lowest BCUT2D eigenvalue weighted by molar-refractivity contribution is -0.124. The third kappa shape index (κ3) is 6.15. The van der Waals surface area contributed by atoms with Crippen molar-refractivity contribution in [3.63, 3.8) is 0 Å². The quantitative estimate of drug-likeness (QED) is 0.547. The molecule has 3 aromatic rings. The first-order valence-electron chi connectivity index (χ1n) is 10.1. The molecule has 8 heteroatoms. The maximum Gasteiger partial charge on any atom is 0.243 e. The van der Waals surface area contributed by atoms with Crippen molar-refractivity contribution in [1.29, 1.82) is 0 Å². The summed E-state index contributed by atoms with van der Waals surface area (Å²) >= 11 is 0. The van der Waals surface area contributed by atoms with E-state index >= 15 is 0 Å². The van der Waals surface area contributed by atoms with E-state index in [4.69, 9.17) is 9.26 Å². The number of aryl methyl sites for hydroxylation is 3. The molecule has 0 fully saturated rings. The topological polar surface area (TPSA) is 106 Å². The Bertz CT molecular complexity index is 1020. The molecule has 8 nitrogen and oxygen atoms in total. The van der Waals surface area contributed by atoms with Crippen molar-refractivity contribution < 1.29 is 18.8 Å². The molecule has 0 aliphatic carbocycles. The number of hydrogen-bond donors (Lipinski definition) is 2. The molecule has 31 heavy (non-hydrogen) atoms. The number of nitrogens with zero attached hydrogens (tertiary/aromatic N) is 2. The fraction of sp³-hybridized carbons (Fsp3) is 0.304. The lowest BCUT2D eigenvalue weighted by Gasteiger charge is -2.11. The van der Waals surface area contributed by atoms with Gasteiger partial charge in [0.15, 0.2) is 0 Å². The summed E-state index contributed by atoms with van der Waals surface area (Å²) in [7, 11) is 0. The Morgan fingerprint density at radius 3 is 2.42 bits per heavy atom. The van der Waals surface area contributed by atoms with Crippen LogP contribution in [-0.4, -0.2) is 35.1 Å². The van der Waals surface area contributed by atoms with Gasteiger partial charge >= 0.3 is 0 Å². The lowest BCUT2D eigenvalue weighted by atomic mass is 10.1. The zero-order valence-corrected chi connectivity index (χ0v) is 17.9. The number of ether oxygens (including phenoxy) is 1. The second-order valence-corrected chi connectivity index (χ2v) is 7.06. The zero-order valence-electron chi connectivity index (χ0n) is 17.9. The minimum absolute atomic E-state index is 0.103. The van der Waals surface area contributed by atoms with Gasteiger partial charge in [-0.1, -0.05) is 23.4 Å². The molecule has 0 saturated carbocycles. The average Bonchev–Trinajstić information content (AvgIpc) is 3.23. The van der Waals surface area contributed by atoms with E-state index in [2.05, 4.69) is 20.8 Å². The van der Waals surface area contributed by atoms with E-state index < -0.39 is 0 Å². The first-order valence-corrected chi connectivity index (χ1v) is 10.1. The monoisotopic (exact) mass is 422 g/mol. The highest BCUT2D eigenvalue weighted by Crippen LogP contribution is 2.21. The number of benzene rings is 2. The Kier molecular flexibility index (Phi) is 7.37. The molecule has 0 unspecified atom stereocenters. The van der Waals surface area contributed by atoms with Crippen LogP contribution in [0.3, 0.4) is 0 Å². The molecule has 1 heterocycles. The van der Waals surface area contributed by atoms with E-state index in [-0.39, 0.29) is 31.2 Å². The highest BCUT2D eigenvalue weighted by molar-refractivity contribution is 5.95. The molecule has 3 rings (SSSR count). The lowest BCUT2D eigenvalue weighted by Crippen LogP contribution is -2.33. The molecule has 0 aliphatic heterocycles. The SMILES string of the molecule is CCOc1ccc(-c2noc(CCC(=O)NCC(=O)Nc3c(C)cccc3C)n2)cc1. The average molecular weight is 422 g/mol. The highest BCUT2D eigenvalue weighted by atomic mass is 16.5. The van der Waals surface area contributed by atoms with Gasteiger partial charge < -0.3 is 19.9 Å². The number of rotatable bonds is 9. The van der Waals surface area contributed by atoms with E-state index in [9.17, 15) is 9.59 Å². The van der Waals surface area contributed by atoms with Crippen molar-refractivity contribution in [3.05, 3.63) is 59.5 Å². The minimum Gasteiger partial charge on any atom is -0.494 e. The van der Waals surface area contributed by atoms with Crippen LogP contribution in [0, 0.1) is 13.8 Å². The molecule has 2 N–H and O–H groups in total. The number of hydrogen-bond acceptors (Lipinski definition) is 6. The van der Waals surface area contributed by atoms with Crippen LogP contribution < -0.4 is 15.4 Å². The first-order chi connectivity index (χ1) is 15.0. The van der Waals surface area contributed by atoms with Gasteiger partial charge in [0.25, 0.3) is 0 Å². The van der Waals surface area contributed by atoms with E-state index in [0.29, 0.717) is 18.3 Å². The maximum atomic E-state index is 12.1. The van der Waals surface area contributed by atoms with Gasteiger partial charge in [0.05, 0.1) is 13.2 Å². The molecule has 2 amide bonds. The molecular formula is C23H26N4O4. The number of carbonyl (C=O) groups is 2. The molecule has 0 saturated heterocycles. The Balaban J connectivity index is 1.45. The van der Waals surface area contributed by atoms with Crippen LogP contribution in [0.5, 0.6) is 5.75 Å². The molecule has 2 aromatic carbocycles. The summed E-state index contributed by atoms with van der Waals surface area (Å²) in [5.74, 6) is 1.04. The fourth-order valence-corrected chi connectivity index (χ4v) is 3.02. The van der Waals surface area contributed by atoms with Gasteiger partial charge in [0.1, 0.15) is 5.75 Å². The van der Waals surface area contributed by atoms with Gasteiger partial charge in [-0.3, -0.25) is 9.59 Å². The molecule has 0 bridgehead atoms. The van der Waals surface area contributed by atoms with Crippen LogP contribution >= 0.6 is 0 Å². The van der Waals surface area contributed by atoms with Crippen molar-refractivity contribution in [2.24, 2.45) is 0 Å². The number of nitrogens with one attached hydrogen (secondary N) is 2. The van der Waals surface area contributed by atoms with E-state index in [1.54, 1.807) is 0 Å². The Morgan fingerprint density at radius 1 is 1.03 bits per heavy atom. The second-order valence-electron chi connectivity index (χ2n) is 7.06. The van der Waals surface area contributed by atoms with E-state index in [0.717, 1.165) is 28.1 Å². The van der Waals surface area contributed by atoms with E-state index in [1.165, 1.54) is 0 Å². The summed E-state index contributed by atoms with van der Waals surface area (Å²) in [6, 6.07) is 13.2. The smallest absolute Gasteiger partial charge is 0.243 e. The van der Waals surface area contributed by atoms with Gasteiger partial charge in [0.2, 0.25) is 23.5 Å². The summed E-state index contributed by atoms with van der Waals surface area (Å²) in [5.41, 5.74) is 3.51. The third-order valence-electron chi connectivity index (χ3n) is 4.65. The molecule has 0 atom stereocenters. The number of amides is 2. The van der Waals surface area contributed by atoms with Crippen LogP contribution in [0.15, 0.2) is 47.0 Å². The van der Waals surface area contributed by atoms with Crippen molar-refractivity contribution in [3.8, 4) is 17.1 Å². The van der Waals surface area contributed by atoms with E-state index in [1.807, 2.05) is 63.2 Å². The largest absolute Gasteiger partial charge is 0.494 e. The van der Waals surface area contributed by atoms with Gasteiger partial charge in [0, 0.05) is 24.1 Å². The van der Waals surface area contributed by atoms with Crippen molar-refractivity contribution in [2.75, 3.05) is 18.5 Å². The summed E-state index contributed by atoms with van der Waals surface area (Å²) in [4.78, 5) is 28.6. The zero-order chi connectivity index (χ0) is 22.2. The number of anilines is 1. The molecular weight excluding hydrogens is 396 g/mol. The number of para-hydroxylation sites is 1. The summed E-state index contributed by atoms with van der Waals surface area (Å²) < 4.78 is 10.6. The summed E-state index contributed by atoms with van der Waals surface area (Å²) in [5, 5.41) is 9.41. The molecule has 162 valence electrons. The second kappa shape index (κ2) is 10.4. The molecule has 1 aromatic heterocycles. The van der Waals surface area contributed by atoms with Crippen molar-refractivity contribution >= 4 is 17.5 Å². The molecule has 0 spiro atoms. The number of carbonyl (C=O) groups excluding carboxylic acids is 2. The standard InChI is InChI=1S/C23H26N4O4/c1-4-30-18-10-8-17(9-11-18)23-26-21(31-27-23)13-12-19(28)24-14-20(29)25-22-15(2)6-5-7-16(22)3/h5-11H,4,12-14H2,1-3H3,(H,24,28)(H,25,29). The predicted octanol–water partition coefficient (Wildman–Crippen LogP) is 3.44. The first kappa shape index (κ1) is 22.0. The van der Waals surface area contributed by atoms with Crippen LogP contribution in [0.1, 0.15) is 30.4 Å². The maximum absolute atomic E-state index is 12.1. The van der Waals surface area contributed by atoms with Crippen LogP contribution in [0.4, 0.5) is 5.69 Å². The minimum atomic E-state index is -0.277. The predicted molar refractivity (Wildman–Crippen MR) is 117 cm³/mol. The van der Waals surface area contributed by atoms with Crippen LogP contribution in [0.2, 0.25) is 0 Å². The highest BCUT2D eigenvalue weighted by Gasteiger charge is 2.12. The van der Waals surface area contributed by atoms with Crippen molar-refractivity contribution in [1.82, 2.24) is 15.5 Å².